The van der Waals surface area contributed by atoms with Gasteiger partial charge >= 0.3 is 5.97 Å². The van der Waals surface area contributed by atoms with Gasteiger partial charge in [-0.25, -0.2) is 0 Å². The molecule has 0 atom stereocenters. The molecule has 1 aromatic rings. The predicted molar refractivity (Wildman–Crippen MR) is 79.8 cm³/mol. The van der Waals surface area contributed by atoms with Crippen molar-refractivity contribution in [3.63, 3.8) is 0 Å². The summed E-state index contributed by atoms with van der Waals surface area (Å²) in [6.45, 7) is 14.8. The highest BCUT2D eigenvalue weighted by atomic mass is 16.5. The summed E-state index contributed by atoms with van der Waals surface area (Å²) in [6.07, 6.45) is 0.393. The number of hydrogen-bond acceptors (Lipinski definition) is 2. The molecule has 0 fully saturated rings. The fourth-order valence-corrected chi connectivity index (χ4v) is 1.87. The average molecular weight is 262 g/mol. The minimum absolute atomic E-state index is 0.0510. The highest BCUT2D eigenvalue weighted by molar-refractivity contribution is 5.72. The van der Waals surface area contributed by atoms with Gasteiger partial charge in [-0.3, -0.25) is 4.79 Å². The molecule has 0 aliphatic rings. The van der Waals surface area contributed by atoms with Crippen molar-refractivity contribution < 1.29 is 9.53 Å². The highest BCUT2D eigenvalue weighted by Crippen LogP contribution is 2.35. The predicted octanol–water partition coefficient (Wildman–Crippen LogP) is 4.60. The molecule has 0 N–H and O–H groups in total. The summed E-state index contributed by atoms with van der Waals surface area (Å²) >= 11 is 0. The van der Waals surface area contributed by atoms with Crippen LogP contribution in [0.15, 0.2) is 18.2 Å². The Morgan fingerprint density at radius 3 is 2.05 bits per heavy atom. The van der Waals surface area contributed by atoms with Gasteiger partial charge in [0.1, 0.15) is 5.75 Å². The third kappa shape index (κ3) is 4.09. The highest BCUT2D eigenvalue weighted by Gasteiger charge is 2.23. The van der Waals surface area contributed by atoms with E-state index in [0.29, 0.717) is 12.2 Å². The second kappa shape index (κ2) is 5.36. The largest absolute Gasteiger partial charge is 0.426 e. The SMILES string of the molecule is CCC(=O)Oc1ccc(C(C)(C)C)cc1C(C)(C)C. The molecule has 0 aromatic heterocycles. The molecule has 0 bridgehead atoms. The monoisotopic (exact) mass is 262 g/mol. The number of rotatable bonds is 2. The molecular formula is C17H26O2. The molecule has 0 aliphatic heterocycles. The van der Waals surface area contributed by atoms with Gasteiger partial charge < -0.3 is 4.74 Å². The van der Waals surface area contributed by atoms with Gasteiger partial charge in [0.25, 0.3) is 0 Å². The fraction of sp³-hybridized carbons (Fsp3) is 0.588. The van der Waals surface area contributed by atoms with Gasteiger partial charge in [-0.2, -0.15) is 0 Å². The van der Waals surface area contributed by atoms with Crippen molar-refractivity contribution in [3.05, 3.63) is 29.3 Å². The summed E-state index contributed by atoms with van der Waals surface area (Å²) in [6, 6.07) is 6.14. The van der Waals surface area contributed by atoms with E-state index >= 15 is 0 Å². The summed E-state index contributed by atoms with van der Waals surface area (Å²) in [5.74, 6) is 0.501. The number of carbonyl (C=O) groups is 1. The van der Waals surface area contributed by atoms with Crippen LogP contribution in [-0.4, -0.2) is 5.97 Å². The first-order chi connectivity index (χ1) is 8.55. The van der Waals surface area contributed by atoms with E-state index in [1.165, 1.54) is 5.56 Å². The molecule has 0 spiro atoms. The van der Waals surface area contributed by atoms with Crippen molar-refractivity contribution in [2.24, 2.45) is 0 Å². The lowest BCUT2D eigenvalue weighted by Crippen LogP contribution is -2.19. The Bertz CT molecular complexity index is 459. The fourth-order valence-electron chi connectivity index (χ4n) is 1.87. The van der Waals surface area contributed by atoms with Crippen molar-refractivity contribution in [2.45, 2.75) is 65.7 Å². The van der Waals surface area contributed by atoms with Crippen LogP contribution in [0.5, 0.6) is 5.75 Å². The lowest BCUT2D eigenvalue weighted by atomic mass is 9.80. The first kappa shape index (κ1) is 15.7. The van der Waals surface area contributed by atoms with Crippen LogP contribution in [0.4, 0.5) is 0 Å². The molecule has 19 heavy (non-hydrogen) atoms. The van der Waals surface area contributed by atoms with Crippen molar-refractivity contribution in [1.29, 1.82) is 0 Å². The van der Waals surface area contributed by atoms with Crippen molar-refractivity contribution in [2.75, 3.05) is 0 Å². The van der Waals surface area contributed by atoms with Crippen molar-refractivity contribution in [3.8, 4) is 5.75 Å². The Balaban J connectivity index is 3.29. The standard InChI is InChI=1S/C17H26O2/c1-8-15(18)19-14-10-9-12(16(2,3)4)11-13(14)17(5,6)7/h9-11H,8H2,1-7H3. The van der Waals surface area contributed by atoms with Gasteiger partial charge in [0.05, 0.1) is 0 Å². The van der Waals surface area contributed by atoms with Crippen LogP contribution in [0.2, 0.25) is 0 Å². The molecule has 2 nitrogen and oxygen atoms in total. The van der Waals surface area contributed by atoms with E-state index in [9.17, 15) is 4.79 Å². The Morgan fingerprint density at radius 2 is 1.63 bits per heavy atom. The molecule has 1 rings (SSSR count). The molecule has 106 valence electrons. The van der Waals surface area contributed by atoms with Gasteiger partial charge in [0.2, 0.25) is 0 Å². The molecule has 0 heterocycles. The summed E-state index contributed by atoms with van der Waals surface area (Å²) in [5, 5.41) is 0. The van der Waals surface area contributed by atoms with E-state index in [2.05, 4.69) is 47.6 Å². The summed E-state index contributed by atoms with van der Waals surface area (Å²) in [4.78, 5) is 11.5. The zero-order valence-electron chi connectivity index (χ0n) is 13.3. The molecule has 0 radical (unpaired) electrons. The Hall–Kier alpha value is -1.31. The third-order valence-corrected chi connectivity index (χ3v) is 3.17. The smallest absolute Gasteiger partial charge is 0.310 e. The minimum atomic E-state index is -0.186. The molecule has 1 aromatic carbocycles. The van der Waals surface area contributed by atoms with Crippen LogP contribution < -0.4 is 4.74 Å². The lowest BCUT2D eigenvalue weighted by molar-refractivity contribution is -0.134. The normalized spacial score (nSPS) is 12.4. The van der Waals surface area contributed by atoms with Crippen LogP contribution >= 0.6 is 0 Å². The van der Waals surface area contributed by atoms with Gasteiger partial charge in [-0.15, -0.1) is 0 Å². The van der Waals surface area contributed by atoms with Crippen molar-refractivity contribution in [1.82, 2.24) is 0 Å². The molecule has 0 amide bonds. The number of benzene rings is 1. The van der Waals surface area contributed by atoms with Gasteiger partial charge in [-0.05, 0) is 22.5 Å². The lowest BCUT2D eigenvalue weighted by Gasteiger charge is -2.26. The summed E-state index contributed by atoms with van der Waals surface area (Å²) < 4.78 is 5.45. The minimum Gasteiger partial charge on any atom is -0.426 e. The van der Waals surface area contributed by atoms with Gasteiger partial charge in [0, 0.05) is 12.0 Å². The van der Waals surface area contributed by atoms with E-state index < -0.39 is 0 Å². The Labute approximate surface area is 117 Å². The van der Waals surface area contributed by atoms with Crippen LogP contribution in [0, 0.1) is 0 Å². The average Bonchev–Trinajstić information content (AvgIpc) is 2.26. The molecule has 0 unspecified atom stereocenters. The third-order valence-electron chi connectivity index (χ3n) is 3.17. The van der Waals surface area contributed by atoms with Crippen LogP contribution in [0.1, 0.15) is 66.0 Å². The second-order valence-corrected chi connectivity index (χ2v) is 7.04. The van der Waals surface area contributed by atoms with Gasteiger partial charge in [0.15, 0.2) is 0 Å². The number of ether oxygens (including phenoxy) is 1. The van der Waals surface area contributed by atoms with Crippen LogP contribution in [-0.2, 0) is 15.6 Å². The van der Waals surface area contributed by atoms with E-state index in [0.717, 1.165) is 5.56 Å². The second-order valence-electron chi connectivity index (χ2n) is 7.04. The Kier molecular flexibility index (Phi) is 4.44. The first-order valence-electron chi connectivity index (χ1n) is 6.91. The van der Waals surface area contributed by atoms with Crippen molar-refractivity contribution >= 4 is 5.97 Å². The first-order valence-corrected chi connectivity index (χ1v) is 6.91. The molecule has 0 aliphatic carbocycles. The molecular weight excluding hydrogens is 236 g/mol. The van der Waals surface area contributed by atoms with Crippen LogP contribution in [0.25, 0.3) is 0 Å². The van der Waals surface area contributed by atoms with E-state index in [1.54, 1.807) is 0 Å². The molecule has 2 heteroatoms. The van der Waals surface area contributed by atoms with E-state index in [-0.39, 0.29) is 16.8 Å². The summed E-state index contributed by atoms with van der Waals surface area (Å²) in [5.41, 5.74) is 2.38. The maximum atomic E-state index is 11.5. The van der Waals surface area contributed by atoms with Crippen LogP contribution in [0.3, 0.4) is 0 Å². The van der Waals surface area contributed by atoms with Gasteiger partial charge in [-0.1, -0.05) is 60.6 Å². The van der Waals surface area contributed by atoms with E-state index in [4.69, 9.17) is 4.74 Å². The maximum absolute atomic E-state index is 11.5. The number of esters is 1. The quantitative estimate of drug-likeness (QED) is 0.575. The number of hydrogen-bond donors (Lipinski definition) is 0. The topological polar surface area (TPSA) is 26.3 Å². The number of carbonyl (C=O) groups excluding carboxylic acids is 1. The molecule has 0 saturated carbocycles. The zero-order valence-corrected chi connectivity index (χ0v) is 13.3. The summed E-state index contributed by atoms with van der Waals surface area (Å²) in [7, 11) is 0. The zero-order chi connectivity index (χ0) is 14.8. The Morgan fingerprint density at radius 1 is 1.05 bits per heavy atom. The maximum Gasteiger partial charge on any atom is 0.310 e. The van der Waals surface area contributed by atoms with E-state index in [1.807, 2.05) is 19.1 Å². The molecule has 0 saturated heterocycles.